The highest BCUT2D eigenvalue weighted by molar-refractivity contribution is 7.99. The first kappa shape index (κ1) is 11.3. The molecule has 0 aromatic carbocycles. The summed E-state index contributed by atoms with van der Waals surface area (Å²) in [5.74, 6) is 2.45. The van der Waals surface area contributed by atoms with E-state index in [1.54, 1.807) is 0 Å². The average molecular weight is 203 g/mol. The Balaban J connectivity index is 2.35. The summed E-state index contributed by atoms with van der Waals surface area (Å²) in [4.78, 5) is 2.39. The fourth-order valence-electron chi connectivity index (χ4n) is 1.65. The van der Waals surface area contributed by atoms with E-state index in [0.717, 1.165) is 32.5 Å². The van der Waals surface area contributed by atoms with E-state index in [9.17, 15) is 5.11 Å². The quantitative estimate of drug-likeness (QED) is 0.750. The van der Waals surface area contributed by atoms with Gasteiger partial charge in [0, 0.05) is 31.1 Å². The summed E-state index contributed by atoms with van der Waals surface area (Å²) in [5.41, 5.74) is -0.442. The Kier molecular flexibility index (Phi) is 4.56. The zero-order chi connectivity index (χ0) is 9.73. The number of nitrogens with zero attached hydrogens (tertiary/aromatic N) is 1. The molecule has 1 aliphatic heterocycles. The van der Waals surface area contributed by atoms with Gasteiger partial charge in [-0.1, -0.05) is 13.8 Å². The second-order valence-electron chi connectivity index (χ2n) is 3.82. The molecule has 0 saturated carbocycles. The van der Waals surface area contributed by atoms with Crippen molar-refractivity contribution >= 4 is 11.8 Å². The van der Waals surface area contributed by atoms with Crippen molar-refractivity contribution in [1.29, 1.82) is 0 Å². The van der Waals surface area contributed by atoms with Crippen molar-refractivity contribution in [3.63, 3.8) is 0 Å². The van der Waals surface area contributed by atoms with Gasteiger partial charge in [-0.3, -0.25) is 4.90 Å². The van der Waals surface area contributed by atoms with E-state index in [1.165, 1.54) is 11.5 Å². The third-order valence-electron chi connectivity index (χ3n) is 2.94. The number of hydrogen-bond acceptors (Lipinski definition) is 3. The second-order valence-corrected chi connectivity index (χ2v) is 5.04. The van der Waals surface area contributed by atoms with Crippen LogP contribution in [0.4, 0.5) is 0 Å². The Morgan fingerprint density at radius 2 is 1.77 bits per heavy atom. The number of rotatable bonds is 4. The Morgan fingerprint density at radius 3 is 2.23 bits per heavy atom. The molecule has 0 bridgehead atoms. The molecule has 0 unspecified atom stereocenters. The number of hydrogen-bond donors (Lipinski definition) is 1. The molecule has 1 saturated heterocycles. The van der Waals surface area contributed by atoms with Crippen molar-refractivity contribution in [3.05, 3.63) is 0 Å². The van der Waals surface area contributed by atoms with Crippen molar-refractivity contribution in [2.24, 2.45) is 0 Å². The summed E-state index contributed by atoms with van der Waals surface area (Å²) in [6, 6.07) is 0. The summed E-state index contributed by atoms with van der Waals surface area (Å²) in [6.45, 7) is 7.30. The third-order valence-corrected chi connectivity index (χ3v) is 3.88. The van der Waals surface area contributed by atoms with Crippen molar-refractivity contribution in [1.82, 2.24) is 4.90 Å². The molecule has 1 heterocycles. The van der Waals surface area contributed by atoms with Crippen LogP contribution < -0.4 is 0 Å². The van der Waals surface area contributed by atoms with Gasteiger partial charge in [-0.15, -0.1) is 0 Å². The lowest BCUT2D eigenvalue weighted by atomic mass is 9.97. The van der Waals surface area contributed by atoms with Crippen LogP contribution in [0.3, 0.4) is 0 Å². The molecule has 3 heteroatoms. The lowest BCUT2D eigenvalue weighted by Gasteiger charge is -2.34. The summed E-state index contributed by atoms with van der Waals surface area (Å²) < 4.78 is 0. The SMILES string of the molecule is CCC(O)(CC)CN1CCSCC1. The van der Waals surface area contributed by atoms with Crippen LogP contribution in [0.25, 0.3) is 0 Å². The molecule has 0 amide bonds. The van der Waals surface area contributed by atoms with Gasteiger partial charge in [0.15, 0.2) is 0 Å². The van der Waals surface area contributed by atoms with Gasteiger partial charge in [-0.2, -0.15) is 11.8 Å². The summed E-state index contributed by atoms with van der Waals surface area (Å²) in [7, 11) is 0. The molecule has 0 aromatic heterocycles. The zero-order valence-corrected chi connectivity index (χ0v) is 9.57. The van der Waals surface area contributed by atoms with Crippen LogP contribution in [0.5, 0.6) is 0 Å². The van der Waals surface area contributed by atoms with Crippen LogP contribution >= 0.6 is 11.8 Å². The van der Waals surface area contributed by atoms with Crippen molar-refractivity contribution in [3.8, 4) is 0 Å². The maximum Gasteiger partial charge on any atom is 0.0768 e. The maximum atomic E-state index is 10.1. The van der Waals surface area contributed by atoms with Gasteiger partial charge < -0.3 is 5.11 Å². The minimum absolute atomic E-state index is 0.442. The predicted molar refractivity (Wildman–Crippen MR) is 59.3 cm³/mol. The Labute approximate surface area is 85.7 Å². The van der Waals surface area contributed by atoms with Crippen molar-refractivity contribution < 1.29 is 5.11 Å². The van der Waals surface area contributed by atoms with Gasteiger partial charge in [-0.25, -0.2) is 0 Å². The first-order valence-corrected chi connectivity index (χ1v) is 6.38. The average Bonchev–Trinajstić information content (AvgIpc) is 2.19. The largest absolute Gasteiger partial charge is 0.389 e. The molecule has 0 aromatic rings. The first-order chi connectivity index (χ1) is 6.20. The van der Waals surface area contributed by atoms with E-state index in [2.05, 4.69) is 18.7 Å². The molecule has 2 nitrogen and oxygen atoms in total. The number of aliphatic hydroxyl groups is 1. The van der Waals surface area contributed by atoms with Crippen molar-refractivity contribution in [2.45, 2.75) is 32.3 Å². The number of thioether (sulfide) groups is 1. The fourth-order valence-corrected chi connectivity index (χ4v) is 2.63. The highest BCUT2D eigenvalue weighted by Crippen LogP contribution is 2.18. The summed E-state index contributed by atoms with van der Waals surface area (Å²) >= 11 is 2.02. The van der Waals surface area contributed by atoms with Crippen LogP contribution in [0, 0.1) is 0 Å². The standard InChI is InChI=1S/C10H21NOS/c1-3-10(12,4-2)9-11-5-7-13-8-6-11/h12H,3-9H2,1-2H3. The van der Waals surface area contributed by atoms with E-state index in [4.69, 9.17) is 0 Å². The Hall–Kier alpha value is 0.270. The lowest BCUT2D eigenvalue weighted by Crippen LogP contribution is -2.45. The van der Waals surface area contributed by atoms with Crippen LogP contribution in [0.1, 0.15) is 26.7 Å². The van der Waals surface area contributed by atoms with E-state index in [1.807, 2.05) is 11.8 Å². The van der Waals surface area contributed by atoms with Gasteiger partial charge in [0.25, 0.3) is 0 Å². The van der Waals surface area contributed by atoms with E-state index >= 15 is 0 Å². The van der Waals surface area contributed by atoms with Gasteiger partial charge in [-0.05, 0) is 12.8 Å². The number of β-amino-alcohol motifs (C(OH)–C–C–N with tert-alkyl or cyclic N) is 1. The monoisotopic (exact) mass is 203 g/mol. The normalized spacial score (nSPS) is 20.5. The Bertz CT molecular complexity index is 142. The molecular weight excluding hydrogens is 182 g/mol. The highest BCUT2D eigenvalue weighted by Gasteiger charge is 2.26. The molecular formula is C10H21NOS. The van der Waals surface area contributed by atoms with E-state index in [-0.39, 0.29) is 0 Å². The van der Waals surface area contributed by atoms with Crippen molar-refractivity contribution in [2.75, 3.05) is 31.1 Å². The fraction of sp³-hybridized carbons (Fsp3) is 1.00. The van der Waals surface area contributed by atoms with Gasteiger partial charge in [0.05, 0.1) is 5.60 Å². The van der Waals surface area contributed by atoms with Crippen LogP contribution in [-0.4, -0.2) is 46.7 Å². The molecule has 1 aliphatic rings. The third kappa shape index (κ3) is 3.49. The van der Waals surface area contributed by atoms with Gasteiger partial charge in [0.1, 0.15) is 0 Å². The summed E-state index contributed by atoms with van der Waals surface area (Å²) in [5, 5.41) is 10.1. The molecule has 1 rings (SSSR count). The zero-order valence-electron chi connectivity index (χ0n) is 8.75. The van der Waals surface area contributed by atoms with Crippen LogP contribution in [-0.2, 0) is 0 Å². The second kappa shape index (κ2) is 5.23. The molecule has 0 atom stereocenters. The molecule has 0 radical (unpaired) electrons. The molecule has 1 fully saturated rings. The summed E-state index contributed by atoms with van der Waals surface area (Å²) in [6.07, 6.45) is 1.74. The smallest absolute Gasteiger partial charge is 0.0768 e. The minimum atomic E-state index is -0.442. The maximum absolute atomic E-state index is 10.1. The lowest BCUT2D eigenvalue weighted by molar-refractivity contribution is -0.000896. The minimum Gasteiger partial charge on any atom is -0.389 e. The molecule has 13 heavy (non-hydrogen) atoms. The van der Waals surface area contributed by atoms with Gasteiger partial charge >= 0.3 is 0 Å². The van der Waals surface area contributed by atoms with E-state index in [0.29, 0.717) is 0 Å². The Morgan fingerprint density at radius 1 is 1.23 bits per heavy atom. The van der Waals surface area contributed by atoms with E-state index < -0.39 is 5.60 Å². The van der Waals surface area contributed by atoms with Gasteiger partial charge in [0.2, 0.25) is 0 Å². The topological polar surface area (TPSA) is 23.5 Å². The van der Waals surface area contributed by atoms with Crippen LogP contribution in [0.15, 0.2) is 0 Å². The molecule has 1 N–H and O–H groups in total. The predicted octanol–water partition coefficient (Wildman–Crippen LogP) is 1.59. The highest BCUT2D eigenvalue weighted by atomic mass is 32.2. The molecule has 0 aliphatic carbocycles. The van der Waals surface area contributed by atoms with Crippen LogP contribution in [0.2, 0.25) is 0 Å². The molecule has 0 spiro atoms. The molecule has 78 valence electrons. The first-order valence-electron chi connectivity index (χ1n) is 5.22.